The summed E-state index contributed by atoms with van der Waals surface area (Å²) in [5.74, 6) is 0.894. The molecule has 15 aromatic rings. The third-order valence-corrected chi connectivity index (χ3v) is 21.6. The fraction of sp³-hybridized carbons (Fsp3) is 0. The highest BCUT2D eigenvalue weighted by Crippen LogP contribution is 2.54. The van der Waals surface area contributed by atoms with Gasteiger partial charge in [-0.2, -0.15) is 0 Å². The van der Waals surface area contributed by atoms with Gasteiger partial charge < -0.3 is 19.6 Å². The molecular formula is C85H56B2N6S2. The minimum absolute atomic E-state index is 0.163. The molecule has 0 unspecified atom stereocenters. The molecule has 5 heterocycles. The average Bonchev–Trinajstić information content (AvgIpc) is 0.996. The zero-order valence-electron chi connectivity index (χ0n) is 51.5. The average molecular weight is 1250 g/mol. The van der Waals surface area contributed by atoms with Crippen molar-refractivity contribution >= 4 is 149 Å². The van der Waals surface area contributed by atoms with Gasteiger partial charge in [-0.25, -0.2) is 4.98 Å². The van der Waals surface area contributed by atoms with Crippen LogP contribution in [0.25, 0.3) is 39.2 Å². The van der Waals surface area contributed by atoms with Gasteiger partial charge in [-0.15, -0.1) is 0 Å². The quantitative estimate of drug-likeness (QED) is 0.119. The van der Waals surface area contributed by atoms with Gasteiger partial charge in [0, 0.05) is 110 Å². The first-order chi connectivity index (χ1) is 47.2. The minimum Gasteiger partial charge on any atom is -0.311 e. The summed E-state index contributed by atoms with van der Waals surface area (Å²) < 4.78 is 2.43. The number of para-hydroxylation sites is 10. The lowest BCUT2D eigenvalue weighted by Crippen LogP contribution is -2.64. The maximum Gasteiger partial charge on any atom is 0.249 e. The number of nitrogens with zero attached hydrogens (tertiary/aromatic N) is 6. The smallest absolute Gasteiger partial charge is 0.249 e. The highest BCUT2D eigenvalue weighted by atomic mass is 32.2. The second-order valence-corrected chi connectivity index (χ2v) is 26.6. The standard InChI is InChI=1S/C85H56B2N6S2/c1-9-30-57(31-10-1)85-88-72-49-29-46-67(82(72)93(85)64-44-23-8-24-45-64)79-83-70(86-68-47-25-27-50-73(68)91(62-40-19-6-20-41-62)75-52-65(54-77(94-83)80(75)86)89(58-32-11-2-12-33-58)59-34-13-3-14-35-59)56-71-84(79)95-78-55-66(90(60-36-15-4-16-37-60)61-38-17-5-18-39-61)53-76-81(78)87(71)69-48-26-28-51-74(69)92(76)63-42-21-7-22-43-63/h1-56H. The highest BCUT2D eigenvalue weighted by molar-refractivity contribution is 8.01. The van der Waals surface area contributed by atoms with Gasteiger partial charge in [0.05, 0.1) is 11.0 Å². The van der Waals surface area contributed by atoms with E-state index in [4.69, 9.17) is 4.98 Å². The Morgan fingerprint density at radius 3 is 1.12 bits per heavy atom. The van der Waals surface area contributed by atoms with Gasteiger partial charge in [0.1, 0.15) is 5.82 Å². The van der Waals surface area contributed by atoms with Gasteiger partial charge in [-0.3, -0.25) is 4.57 Å². The second kappa shape index (κ2) is 22.7. The Morgan fingerprint density at radius 1 is 0.305 bits per heavy atom. The van der Waals surface area contributed by atoms with Crippen molar-refractivity contribution in [2.45, 2.75) is 19.6 Å². The molecule has 95 heavy (non-hydrogen) atoms. The molecule has 0 aliphatic carbocycles. The summed E-state index contributed by atoms with van der Waals surface area (Å²) in [5, 5.41) is 0. The summed E-state index contributed by atoms with van der Waals surface area (Å²) >= 11 is 3.86. The third kappa shape index (κ3) is 8.96. The van der Waals surface area contributed by atoms with Gasteiger partial charge in [0.2, 0.25) is 13.4 Å². The number of hydrogen-bond donors (Lipinski definition) is 0. The van der Waals surface area contributed by atoms with Crippen LogP contribution in [-0.2, 0) is 0 Å². The summed E-state index contributed by atoms with van der Waals surface area (Å²) in [6, 6.07) is 125. The number of rotatable bonds is 11. The summed E-state index contributed by atoms with van der Waals surface area (Å²) in [4.78, 5) is 20.5. The normalized spacial score (nSPS) is 12.9. The van der Waals surface area contributed by atoms with E-state index in [-0.39, 0.29) is 13.4 Å². The zero-order valence-corrected chi connectivity index (χ0v) is 53.1. The van der Waals surface area contributed by atoms with Crippen molar-refractivity contribution in [3.63, 3.8) is 0 Å². The Hall–Kier alpha value is -11.4. The molecular weight excluding hydrogens is 1190 g/mol. The molecule has 0 spiro atoms. The van der Waals surface area contributed by atoms with Gasteiger partial charge >= 0.3 is 0 Å². The van der Waals surface area contributed by atoms with Crippen LogP contribution in [0, 0.1) is 0 Å². The van der Waals surface area contributed by atoms with E-state index >= 15 is 0 Å². The molecule has 6 nitrogen and oxygen atoms in total. The number of hydrogen-bond acceptors (Lipinski definition) is 7. The lowest BCUT2D eigenvalue weighted by atomic mass is 9.31. The van der Waals surface area contributed by atoms with Gasteiger partial charge in [-0.1, -0.05) is 247 Å². The molecule has 1 aromatic heterocycles. The predicted octanol–water partition coefficient (Wildman–Crippen LogP) is 18.8. The Bertz CT molecular complexity index is 5120. The fourth-order valence-electron chi connectivity index (χ4n) is 15.3. The van der Waals surface area contributed by atoms with Crippen LogP contribution in [0.3, 0.4) is 0 Å². The van der Waals surface area contributed by atoms with Crippen LogP contribution < -0.4 is 52.4 Å². The fourth-order valence-corrected chi connectivity index (χ4v) is 18.1. The van der Waals surface area contributed by atoms with Crippen molar-refractivity contribution in [3.05, 3.63) is 340 Å². The molecule has 14 aromatic carbocycles. The second-order valence-electron chi connectivity index (χ2n) is 24.5. The molecule has 0 saturated heterocycles. The molecule has 10 heteroatoms. The number of fused-ring (bicyclic) bond motifs is 9. The first-order valence-corrected chi connectivity index (χ1v) is 34.1. The third-order valence-electron chi connectivity index (χ3n) is 19.2. The SMILES string of the molecule is c1ccc(-c2nc3cccc(-c4c5c(cc6c4Sc4cc(N(c7ccccc7)c7ccccc7)cc7c4B6c4ccccc4N7c4ccccc4)B4c6ccccc6N(c6ccccc6)c6cc(N(c7ccccc7)c7ccccc7)cc(c64)S5)c3n2-c2ccccc2)cc1. The first kappa shape index (κ1) is 55.2. The Kier molecular flexibility index (Phi) is 13.2. The van der Waals surface area contributed by atoms with Crippen molar-refractivity contribution in [3.8, 4) is 28.2 Å². The number of anilines is 12. The van der Waals surface area contributed by atoms with Crippen LogP contribution in [0.5, 0.6) is 0 Å². The van der Waals surface area contributed by atoms with E-state index in [0.717, 1.165) is 102 Å². The molecule has 19 rings (SSSR count). The molecule has 4 aliphatic rings. The minimum atomic E-state index is -0.163. The largest absolute Gasteiger partial charge is 0.311 e. The van der Waals surface area contributed by atoms with E-state index in [0.29, 0.717) is 0 Å². The summed E-state index contributed by atoms with van der Waals surface area (Å²) in [5.41, 5.74) is 27.5. The molecule has 4 aliphatic heterocycles. The van der Waals surface area contributed by atoms with Gasteiger partial charge in [-0.05, 0) is 149 Å². The maximum absolute atomic E-state index is 5.68. The summed E-state index contributed by atoms with van der Waals surface area (Å²) in [6.07, 6.45) is 0. The molecule has 0 atom stereocenters. The van der Waals surface area contributed by atoms with E-state index in [9.17, 15) is 0 Å². The summed E-state index contributed by atoms with van der Waals surface area (Å²) in [7, 11) is 0. The monoisotopic (exact) mass is 1250 g/mol. The topological polar surface area (TPSA) is 30.8 Å². The Labute approximate surface area is 561 Å². The molecule has 0 N–H and O–H groups in total. The van der Waals surface area contributed by atoms with Gasteiger partial charge in [0.25, 0.3) is 0 Å². The van der Waals surface area contributed by atoms with E-state index < -0.39 is 0 Å². The maximum atomic E-state index is 5.68. The van der Waals surface area contributed by atoms with E-state index in [1.165, 1.54) is 57.9 Å². The van der Waals surface area contributed by atoms with Crippen LogP contribution in [0.1, 0.15) is 0 Å². The Balaban J connectivity index is 0.952. The summed E-state index contributed by atoms with van der Waals surface area (Å²) in [6.45, 7) is -0.326. The zero-order chi connectivity index (χ0) is 62.5. The predicted molar refractivity (Wildman–Crippen MR) is 401 cm³/mol. The molecule has 0 amide bonds. The van der Waals surface area contributed by atoms with E-state index in [1.807, 2.05) is 23.5 Å². The van der Waals surface area contributed by atoms with Crippen LogP contribution >= 0.6 is 23.5 Å². The van der Waals surface area contributed by atoms with Gasteiger partial charge in [0.15, 0.2) is 0 Å². The lowest BCUT2D eigenvalue weighted by Gasteiger charge is -2.44. The van der Waals surface area contributed by atoms with E-state index in [2.05, 4.69) is 364 Å². The van der Waals surface area contributed by atoms with Crippen LogP contribution in [-0.4, -0.2) is 23.0 Å². The van der Waals surface area contributed by atoms with Crippen LogP contribution in [0.4, 0.5) is 68.2 Å². The lowest BCUT2D eigenvalue weighted by molar-refractivity contribution is 1.10. The van der Waals surface area contributed by atoms with Crippen molar-refractivity contribution < 1.29 is 0 Å². The molecule has 0 bridgehead atoms. The number of aromatic nitrogens is 2. The number of benzene rings is 14. The molecule has 0 fully saturated rings. The molecule has 0 saturated carbocycles. The first-order valence-electron chi connectivity index (χ1n) is 32.4. The molecule has 0 radical (unpaired) electrons. The van der Waals surface area contributed by atoms with Crippen LogP contribution in [0.15, 0.2) is 359 Å². The van der Waals surface area contributed by atoms with Crippen molar-refractivity contribution in [2.24, 2.45) is 0 Å². The van der Waals surface area contributed by atoms with Crippen LogP contribution in [0.2, 0.25) is 0 Å². The van der Waals surface area contributed by atoms with Crippen molar-refractivity contribution in [1.82, 2.24) is 9.55 Å². The highest BCUT2D eigenvalue weighted by Gasteiger charge is 2.48. The number of imidazole rings is 1. The van der Waals surface area contributed by atoms with Crippen molar-refractivity contribution in [1.29, 1.82) is 0 Å². The van der Waals surface area contributed by atoms with E-state index in [1.54, 1.807) is 0 Å². The Morgan fingerprint density at radius 2 is 0.684 bits per heavy atom. The molecule has 444 valence electrons. The van der Waals surface area contributed by atoms with Crippen molar-refractivity contribution in [2.75, 3.05) is 19.6 Å².